The van der Waals surface area contributed by atoms with Crippen molar-refractivity contribution in [3.63, 3.8) is 0 Å². The van der Waals surface area contributed by atoms with Gasteiger partial charge < -0.3 is 14.3 Å². The molecule has 0 heterocycles. The Labute approximate surface area is 158 Å². The molecular formula is C18H20Cl2N2O3. The molecule has 0 radical (unpaired) electrons. The summed E-state index contributed by atoms with van der Waals surface area (Å²) in [5.74, 6) is 7.37. The average molecular weight is 383 g/mol. The van der Waals surface area contributed by atoms with Gasteiger partial charge in [0.05, 0.1) is 0 Å². The summed E-state index contributed by atoms with van der Waals surface area (Å²) in [5, 5.41) is 0. The molecule has 0 aliphatic rings. The van der Waals surface area contributed by atoms with Crippen LogP contribution < -0.4 is 15.4 Å². The highest BCUT2D eigenvalue weighted by atomic mass is 35.5. The van der Waals surface area contributed by atoms with Crippen LogP contribution in [0.1, 0.15) is 11.1 Å². The molecule has 0 aliphatic carbocycles. The van der Waals surface area contributed by atoms with E-state index in [1.54, 1.807) is 0 Å². The first-order chi connectivity index (χ1) is 12.2. The van der Waals surface area contributed by atoms with Crippen molar-refractivity contribution in [2.24, 2.45) is 5.90 Å². The maximum atomic E-state index is 6.51. The van der Waals surface area contributed by atoms with E-state index in [1.807, 2.05) is 48.5 Å². The van der Waals surface area contributed by atoms with Crippen LogP contribution in [-0.2, 0) is 16.6 Å². The lowest BCUT2D eigenvalue weighted by Gasteiger charge is -2.04. The highest BCUT2D eigenvalue weighted by Crippen LogP contribution is 2.14. The first kappa shape index (κ1) is 21.1. The molecule has 2 N–H and O–H groups in total. The Morgan fingerprint density at radius 3 is 1.68 bits per heavy atom. The zero-order valence-electron chi connectivity index (χ0n) is 13.7. The number of ether oxygens (including phenoxy) is 2. The van der Waals surface area contributed by atoms with E-state index in [0.29, 0.717) is 30.7 Å². The fourth-order valence-electron chi connectivity index (χ4n) is 1.66. The molecule has 0 saturated heterocycles. The molecule has 0 saturated carbocycles. The lowest BCUT2D eigenvalue weighted by atomic mass is 10.2. The molecule has 0 bridgehead atoms. The molecule has 0 amide bonds. The van der Waals surface area contributed by atoms with Gasteiger partial charge in [-0.05, 0) is 35.4 Å². The molecule has 2 aromatic rings. The van der Waals surface area contributed by atoms with E-state index >= 15 is 0 Å². The van der Waals surface area contributed by atoms with E-state index in [-0.39, 0.29) is 6.73 Å². The third kappa shape index (κ3) is 9.18. The fraction of sp³-hybridized carbons (Fsp3) is 0.278. The largest absolute Gasteiger partial charge is 0.491 e. The second-order valence-electron chi connectivity index (χ2n) is 4.71. The van der Waals surface area contributed by atoms with E-state index in [9.17, 15) is 0 Å². The van der Waals surface area contributed by atoms with Crippen molar-refractivity contribution in [1.29, 1.82) is 0 Å². The summed E-state index contributed by atoms with van der Waals surface area (Å²) in [6, 6.07) is 15.0. The van der Waals surface area contributed by atoms with Gasteiger partial charge >= 0.3 is 6.73 Å². The number of nitrogens with zero attached hydrogens (tertiary/aromatic N) is 1. The van der Waals surface area contributed by atoms with Gasteiger partial charge in [-0.15, -0.1) is 23.2 Å². The summed E-state index contributed by atoms with van der Waals surface area (Å²) in [7, 11) is 0. The zero-order valence-corrected chi connectivity index (χ0v) is 15.2. The Kier molecular flexibility index (Phi) is 11.2. The number of rotatable bonds is 8. The fourth-order valence-corrected chi connectivity index (χ4v) is 2.02. The van der Waals surface area contributed by atoms with Gasteiger partial charge in [-0.1, -0.05) is 24.3 Å². The Morgan fingerprint density at radius 2 is 1.28 bits per heavy atom. The second kappa shape index (κ2) is 13.3. The van der Waals surface area contributed by atoms with Gasteiger partial charge in [-0.2, -0.15) is 0 Å². The van der Waals surface area contributed by atoms with Crippen molar-refractivity contribution in [3.8, 4) is 11.5 Å². The molecule has 2 aromatic carbocycles. The van der Waals surface area contributed by atoms with E-state index in [0.717, 1.165) is 16.9 Å². The van der Waals surface area contributed by atoms with Crippen LogP contribution >= 0.6 is 23.2 Å². The van der Waals surface area contributed by atoms with Gasteiger partial charge in [0, 0.05) is 11.8 Å². The van der Waals surface area contributed by atoms with Crippen LogP contribution in [0.3, 0.4) is 0 Å². The lowest BCUT2D eigenvalue weighted by Crippen LogP contribution is -2.09. The second-order valence-corrected chi connectivity index (χ2v) is 5.24. The SMILES string of the molecule is NOCCOc1ccc(CCl)cc1.[C-]#[N+]COc1ccc(CCl)cc1. The predicted octanol–water partition coefficient (Wildman–Crippen LogP) is 4.38. The van der Waals surface area contributed by atoms with Crippen molar-refractivity contribution in [2.75, 3.05) is 19.9 Å². The van der Waals surface area contributed by atoms with Gasteiger partial charge in [-0.3, -0.25) is 4.85 Å². The number of nitrogens with two attached hydrogens (primary N) is 1. The standard InChI is InChI=1S/C9H12ClNO2.C9H8ClNO/c10-7-8-1-3-9(4-2-8)12-5-6-13-11;1-11-7-12-9-4-2-8(6-10)3-5-9/h1-4H,5-7,11H2;2-5H,6-7H2. The minimum Gasteiger partial charge on any atom is -0.491 e. The normalized spacial score (nSPS) is 9.52. The summed E-state index contributed by atoms with van der Waals surface area (Å²) in [6.07, 6.45) is 0. The molecule has 0 aromatic heterocycles. The monoisotopic (exact) mass is 382 g/mol. The number of benzene rings is 2. The summed E-state index contributed by atoms with van der Waals surface area (Å²) in [5.41, 5.74) is 2.12. The molecule has 0 spiro atoms. The molecule has 5 nitrogen and oxygen atoms in total. The molecular weight excluding hydrogens is 363 g/mol. The van der Waals surface area contributed by atoms with E-state index in [1.165, 1.54) is 0 Å². The first-order valence-corrected chi connectivity index (χ1v) is 8.50. The zero-order chi connectivity index (χ0) is 18.3. The average Bonchev–Trinajstić information content (AvgIpc) is 2.68. The number of hydrogen-bond acceptors (Lipinski definition) is 4. The van der Waals surface area contributed by atoms with Gasteiger partial charge in [0.15, 0.2) is 0 Å². The maximum Gasteiger partial charge on any atom is 0.357 e. The van der Waals surface area contributed by atoms with Crippen LogP contribution in [-0.4, -0.2) is 19.9 Å². The molecule has 0 atom stereocenters. The van der Waals surface area contributed by atoms with Gasteiger partial charge in [0.1, 0.15) is 24.7 Å². The van der Waals surface area contributed by atoms with Crippen molar-refractivity contribution < 1.29 is 14.3 Å². The number of alkyl halides is 2. The third-order valence-corrected chi connectivity index (χ3v) is 3.54. The van der Waals surface area contributed by atoms with Crippen molar-refractivity contribution in [2.45, 2.75) is 11.8 Å². The van der Waals surface area contributed by atoms with Crippen molar-refractivity contribution >= 4 is 23.2 Å². The highest BCUT2D eigenvalue weighted by Gasteiger charge is 1.94. The van der Waals surface area contributed by atoms with Crippen molar-refractivity contribution in [1.82, 2.24) is 0 Å². The Hall–Kier alpha value is -1.97. The van der Waals surface area contributed by atoms with Gasteiger partial charge in [0.2, 0.25) is 0 Å². The highest BCUT2D eigenvalue weighted by molar-refractivity contribution is 6.17. The van der Waals surface area contributed by atoms with Crippen LogP contribution in [0.25, 0.3) is 4.85 Å². The third-order valence-electron chi connectivity index (χ3n) is 2.92. The summed E-state index contributed by atoms with van der Waals surface area (Å²) < 4.78 is 10.4. The van der Waals surface area contributed by atoms with Crippen LogP contribution in [0.2, 0.25) is 0 Å². The Balaban J connectivity index is 0.000000251. The van der Waals surface area contributed by atoms with Crippen LogP contribution in [0.5, 0.6) is 11.5 Å². The van der Waals surface area contributed by atoms with Crippen LogP contribution in [0.4, 0.5) is 0 Å². The Bertz CT molecular complexity index is 628. The van der Waals surface area contributed by atoms with E-state index in [2.05, 4.69) is 9.68 Å². The predicted molar refractivity (Wildman–Crippen MR) is 99.7 cm³/mol. The smallest absolute Gasteiger partial charge is 0.357 e. The quantitative estimate of drug-likeness (QED) is 0.318. The molecule has 134 valence electrons. The molecule has 25 heavy (non-hydrogen) atoms. The van der Waals surface area contributed by atoms with Crippen LogP contribution in [0, 0.1) is 6.57 Å². The van der Waals surface area contributed by atoms with E-state index < -0.39 is 0 Å². The molecule has 0 aliphatic heterocycles. The maximum absolute atomic E-state index is 6.51. The summed E-state index contributed by atoms with van der Waals surface area (Å²) >= 11 is 11.2. The van der Waals surface area contributed by atoms with Gasteiger partial charge in [0.25, 0.3) is 0 Å². The molecule has 2 rings (SSSR count). The Morgan fingerprint density at radius 1 is 0.800 bits per heavy atom. The first-order valence-electron chi connectivity index (χ1n) is 7.43. The lowest BCUT2D eigenvalue weighted by molar-refractivity contribution is 0.102. The number of hydrogen-bond donors (Lipinski definition) is 1. The molecule has 0 unspecified atom stereocenters. The minimum atomic E-state index is 0.0697. The summed E-state index contributed by atoms with van der Waals surface area (Å²) in [4.78, 5) is 7.44. The van der Waals surface area contributed by atoms with Crippen molar-refractivity contribution in [3.05, 3.63) is 71.1 Å². The minimum absolute atomic E-state index is 0.0697. The number of halogens is 2. The molecule has 0 fully saturated rings. The van der Waals surface area contributed by atoms with E-state index in [4.69, 9.17) is 45.1 Å². The van der Waals surface area contributed by atoms with Crippen LogP contribution in [0.15, 0.2) is 48.5 Å². The van der Waals surface area contributed by atoms with Gasteiger partial charge in [-0.25, -0.2) is 12.5 Å². The summed E-state index contributed by atoms with van der Waals surface area (Å²) in [6.45, 7) is 7.42. The molecule has 7 heteroatoms. The topological polar surface area (TPSA) is 58.1 Å².